The molecule has 0 spiro atoms. The van der Waals surface area contributed by atoms with Gasteiger partial charge in [0.2, 0.25) is 11.8 Å². The van der Waals surface area contributed by atoms with Gasteiger partial charge in [-0.15, -0.1) is 0 Å². The topological polar surface area (TPSA) is 56.8 Å². The average molecular weight is 356 g/mol. The first-order valence-corrected chi connectivity index (χ1v) is 9.97. The molecule has 26 heavy (non-hydrogen) atoms. The lowest BCUT2D eigenvalue weighted by molar-refractivity contribution is -0.140. The van der Waals surface area contributed by atoms with Gasteiger partial charge in [0.15, 0.2) is 0 Å². The Labute approximate surface area is 155 Å². The lowest BCUT2D eigenvalue weighted by Gasteiger charge is -2.35. The molecular weight excluding hydrogens is 328 g/mol. The van der Waals surface area contributed by atoms with Crippen molar-refractivity contribution in [3.8, 4) is 0 Å². The van der Waals surface area contributed by atoms with Gasteiger partial charge in [-0.05, 0) is 37.9 Å². The summed E-state index contributed by atoms with van der Waals surface area (Å²) >= 11 is 0. The van der Waals surface area contributed by atoms with E-state index in [1.807, 2.05) is 18.3 Å². The van der Waals surface area contributed by atoms with Crippen LogP contribution in [0.5, 0.6) is 0 Å². The molecule has 4 rings (SSSR count). The minimum atomic E-state index is -0.0156. The maximum Gasteiger partial charge on any atom is 0.233 e. The normalized spacial score (nSPS) is 27.1. The Kier molecular flexibility index (Phi) is 5.20. The number of hydrogen-bond acceptors (Lipinski definition) is 5. The lowest BCUT2D eigenvalue weighted by atomic mass is 9.81. The number of piperazine rings is 1. The molecule has 0 radical (unpaired) electrons. The summed E-state index contributed by atoms with van der Waals surface area (Å²) in [5.74, 6) is 1.21. The Morgan fingerprint density at radius 1 is 0.923 bits per heavy atom. The largest absolute Gasteiger partial charge is 0.354 e. The van der Waals surface area contributed by atoms with E-state index in [2.05, 4.69) is 20.9 Å². The zero-order chi connectivity index (χ0) is 17.9. The fourth-order valence-corrected chi connectivity index (χ4v) is 4.65. The van der Waals surface area contributed by atoms with Gasteiger partial charge in [0.25, 0.3) is 0 Å². The predicted octanol–water partition coefficient (Wildman–Crippen LogP) is 1.77. The van der Waals surface area contributed by atoms with Crippen LogP contribution in [0.1, 0.15) is 32.1 Å². The van der Waals surface area contributed by atoms with Gasteiger partial charge < -0.3 is 4.90 Å². The average Bonchev–Trinajstić information content (AvgIpc) is 2.94. The van der Waals surface area contributed by atoms with Crippen molar-refractivity contribution in [1.82, 2.24) is 14.8 Å². The van der Waals surface area contributed by atoms with E-state index in [-0.39, 0.29) is 23.7 Å². The summed E-state index contributed by atoms with van der Waals surface area (Å²) in [5, 5.41) is 0. The van der Waals surface area contributed by atoms with Crippen molar-refractivity contribution in [2.75, 3.05) is 44.2 Å². The number of pyridine rings is 1. The Balaban J connectivity index is 1.22. The number of carbonyl (C=O) groups excluding carboxylic acids is 2. The van der Waals surface area contributed by atoms with Crippen molar-refractivity contribution in [3.05, 3.63) is 24.4 Å². The van der Waals surface area contributed by atoms with E-state index in [0.29, 0.717) is 6.54 Å². The molecule has 2 aliphatic heterocycles. The zero-order valence-electron chi connectivity index (χ0n) is 15.3. The van der Waals surface area contributed by atoms with Crippen LogP contribution in [0.2, 0.25) is 0 Å². The first-order chi connectivity index (χ1) is 12.7. The number of hydrogen-bond donors (Lipinski definition) is 0. The van der Waals surface area contributed by atoms with Crippen LogP contribution < -0.4 is 4.90 Å². The monoisotopic (exact) mass is 356 g/mol. The standard InChI is InChI=1S/C20H28N4O2/c25-19-16-6-1-2-7-17(16)20(26)24(19)11-5-10-22-12-14-23(15-13-22)18-8-3-4-9-21-18/h3-4,8-9,16-17H,1-2,5-7,10-15H2. The molecule has 2 unspecified atom stereocenters. The van der Waals surface area contributed by atoms with E-state index in [1.165, 1.54) is 0 Å². The van der Waals surface area contributed by atoms with Crippen molar-refractivity contribution >= 4 is 17.6 Å². The van der Waals surface area contributed by atoms with Gasteiger partial charge in [-0.25, -0.2) is 4.98 Å². The number of rotatable bonds is 5. The third-order valence-electron chi connectivity index (χ3n) is 6.13. The van der Waals surface area contributed by atoms with Gasteiger partial charge in [-0.1, -0.05) is 18.9 Å². The van der Waals surface area contributed by atoms with Crippen LogP contribution in [-0.2, 0) is 9.59 Å². The molecule has 6 heteroatoms. The van der Waals surface area contributed by atoms with Gasteiger partial charge in [0.05, 0.1) is 11.8 Å². The van der Waals surface area contributed by atoms with Crippen LogP contribution >= 0.6 is 0 Å². The minimum absolute atomic E-state index is 0.0156. The molecule has 6 nitrogen and oxygen atoms in total. The van der Waals surface area contributed by atoms with E-state index in [0.717, 1.165) is 70.6 Å². The molecule has 0 bridgehead atoms. The highest BCUT2D eigenvalue weighted by molar-refractivity contribution is 6.05. The second-order valence-electron chi connectivity index (χ2n) is 7.70. The highest BCUT2D eigenvalue weighted by Gasteiger charge is 2.47. The van der Waals surface area contributed by atoms with Gasteiger partial charge in [-0.3, -0.25) is 19.4 Å². The fourth-order valence-electron chi connectivity index (χ4n) is 4.65. The van der Waals surface area contributed by atoms with Crippen molar-refractivity contribution in [2.24, 2.45) is 11.8 Å². The molecule has 3 heterocycles. The highest BCUT2D eigenvalue weighted by atomic mass is 16.2. The first kappa shape index (κ1) is 17.5. The molecule has 2 atom stereocenters. The molecule has 140 valence electrons. The minimum Gasteiger partial charge on any atom is -0.354 e. The zero-order valence-corrected chi connectivity index (χ0v) is 15.3. The summed E-state index contributed by atoms with van der Waals surface area (Å²) in [6, 6.07) is 6.02. The van der Waals surface area contributed by atoms with Crippen molar-refractivity contribution in [1.29, 1.82) is 0 Å². The lowest BCUT2D eigenvalue weighted by Crippen LogP contribution is -2.47. The number of fused-ring (bicyclic) bond motifs is 1. The predicted molar refractivity (Wildman–Crippen MR) is 99.7 cm³/mol. The smallest absolute Gasteiger partial charge is 0.233 e. The molecule has 1 aromatic heterocycles. The molecular formula is C20H28N4O2. The van der Waals surface area contributed by atoms with Gasteiger partial charge >= 0.3 is 0 Å². The molecule has 1 saturated carbocycles. The van der Waals surface area contributed by atoms with Gasteiger partial charge in [-0.2, -0.15) is 0 Å². The number of nitrogens with zero attached hydrogens (tertiary/aromatic N) is 4. The summed E-state index contributed by atoms with van der Waals surface area (Å²) in [6.45, 7) is 5.49. The van der Waals surface area contributed by atoms with Crippen LogP contribution in [-0.4, -0.2) is 65.9 Å². The van der Waals surface area contributed by atoms with Crippen LogP contribution in [0.4, 0.5) is 5.82 Å². The van der Waals surface area contributed by atoms with E-state index < -0.39 is 0 Å². The van der Waals surface area contributed by atoms with Crippen LogP contribution in [0, 0.1) is 11.8 Å². The van der Waals surface area contributed by atoms with Crippen molar-refractivity contribution in [3.63, 3.8) is 0 Å². The van der Waals surface area contributed by atoms with Crippen LogP contribution in [0.3, 0.4) is 0 Å². The second-order valence-corrected chi connectivity index (χ2v) is 7.70. The molecule has 0 aromatic carbocycles. The summed E-state index contributed by atoms with van der Waals surface area (Å²) in [4.78, 5) is 35.7. The molecule has 2 saturated heterocycles. The van der Waals surface area contributed by atoms with Gasteiger partial charge in [0.1, 0.15) is 5.82 Å². The van der Waals surface area contributed by atoms with E-state index in [1.54, 1.807) is 4.90 Å². The third kappa shape index (κ3) is 3.47. The van der Waals surface area contributed by atoms with Crippen molar-refractivity contribution in [2.45, 2.75) is 32.1 Å². The Hall–Kier alpha value is -1.95. The quantitative estimate of drug-likeness (QED) is 0.753. The molecule has 0 N–H and O–H groups in total. The Morgan fingerprint density at radius 2 is 1.62 bits per heavy atom. The second kappa shape index (κ2) is 7.74. The van der Waals surface area contributed by atoms with Crippen LogP contribution in [0.25, 0.3) is 0 Å². The third-order valence-corrected chi connectivity index (χ3v) is 6.13. The summed E-state index contributed by atoms with van der Waals surface area (Å²) < 4.78 is 0. The molecule has 1 aliphatic carbocycles. The molecule has 1 aromatic rings. The number of amides is 2. The van der Waals surface area contributed by atoms with E-state index >= 15 is 0 Å². The number of aromatic nitrogens is 1. The fraction of sp³-hybridized carbons (Fsp3) is 0.650. The van der Waals surface area contributed by atoms with Gasteiger partial charge in [0, 0.05) is 38.9 Å². The molecule has 3 fully saturated rings. The summed E-state index contributed by atoms with van der Waals surface area (Å²) in [6.07, 6.45) is 6.70. The number of anilines is 1. The Morgan fingerprint density at radius 3 is 2.23 bits per heavy atom. The highest BCUT2D eigenvalue weighted by Crippen LogP contribution is 2.37. The Bertz CT molecular complexity index is 618. The number of likely N-dealkylation sites (tertiary alicyclic amines) is 1. The summed E-state index contributed by atoms with van der Waals surface area (Å²) in [5.41, 5.74) is 0. The van der Waals surface area contributed by atoms with Crippen LogP contribution in [0.15, 0.2) is 24.4 Å². The summed E-state index contributed by atoms with van der Waals surface area (Å²) in [7, 11) is 0. The maximum atomic E-state index is 12.5. The first-order valence-electron chi connectivity index (χ1n) is 9.97. The SMILES string of the molecule is O=C1C2CCCCC2C(=O)N1CCCN1CCN(c2ccccn2)CC1. The van der Waals surface area contributed by atoms with Crippen molar-refractivity contribution < 1.29 is 9.59 Å². The maximum absolute atomic E-state index is 12.5. The molecule has 2 amide bonds. The van der Waals surface area contributed by atoms with E-state index in [4.69, 9.17) is 0 Å². The number of imide groups is 1. The number of carbonyl (C=O) groups is 2. The van der Waals surface area contributed by atoms with E-state index in [9.17, 15) is 9.59 Å². The molecule has 3 aliphatic rings.